The standard InChI is InChI=1S/C13H17BrN2O2/c1-8(13(15)17)18-12-9(3-2-4-11(12)14)7-16-10-5-6-10/h2-4,8,10,16H,5-7H2,1H3,(H2,15,17). The van der Waals surface area contributed by atoms with E-state index in [0.29, 0.717) is 11.8 Å². The van der Waals surface area contributed by atoms with Gasteiger partial charge in [0.05, 0.1) is 4.47 Å². The number of ether oxygens (including phenoxy) is 1. The Morgan fingerprint density at radius 3 is 2.94 bits per heavy atom. The number of nitrogens with two attached hydrogens (primary N) is 1. The molecule has 4 nitrogen and oxygen atoms in total. The van der Waals surface area contributed by atoms with Gasteiger partial charge in [-0.25, -0.2) is 0 Å². The van der Waals surface area contributed by atoms with Crippen LogP contribution in [0.15, 0.2) is 22.7 Å². The predicted molar refractivity (Wildman–Crippen MR) is 73.3 cm³/mol. The molecule has 0 bridgehead atoms. The maximum atomic E-state index is 11.1. The Kier molecular flexibility index (Phi) is 4.24. The van der Waals surface area contributed by atoms with Crippen LogP contribution in [0.5, 0.6) is 5.75 Å². The lowest BCUT2D eigenvalue weighted by Crippen LogP contribution is -2.31. The molecule has 3 N–H and O–H groups in total. The Morgan fingerprint density at radius 2 is 2.33 bits per heavy atom. The van der Waals surface area contributed by atoms with Gasteiger partial charge in [-0.15, -0.1) is 0 Å². The van der Waals surface area contributed by atoms with Crippen molar-refractivity contribution in [2.75, 3.05) is 0 Å². The van der Waals surface area contributed by atoms with Crippen LogP contribution >= 0.6 is 15.9 Å². The molecule has 1 aliphatic carbocycles. The maximum Gasteiger partial charge on any atom is 0.258 e. The van der Waals surface area contributed by atoms with Crippen LogP contribution in [0.3, 0.4) is 0 Å². The Hall–Kier alpha value is -1.07. The number of hydrogen-bond acceptors (Lipinski definition) is 3. The van der Waals surface area contributed by atoms with E-state index in [2.05, 4.69) is 21.2 Å². The van der Waals surface area contributed by atoms with E-state index in [0.717, 1.165) is 16.6 Å². The fraction of sp³-hybridized carbons (Fsp3) is 0.462. The van der Waals surface area contributed by atoms with Gasteiger partial charge in [-0.3, -0.25) is 4.79 Å². The molecule has 1 aliphatic rings. The number of benzene rings is 1. The summed E-state index contributed by atoms with van der Waals surface area (Å²) >= 11 is 3.44. The van der Waals surface area contributed by atoms with E-state index in [1.165, 1.54) is 12.8 Å². The van der Waals surface area contributed by atoms with Crippen LogP contribution in [0.2, 0.25) is 0 Å². The minimum Gasteiger partial charge on any atom is -0.479 e. The summed E-state index contributed by atoms with van der Waals surface area (Å²) in [6.07, 6.45) is 1.84. The zero-order chi connectivity index (χ0) is 13.1. The summed E-state index contributed by atoms with van der Waals surface area (Å²) in [4.78, 5) is 11.1. The van der Waals surface area contributed by atoms with E-state index in [1.807, 2.05) is 18.2 Å². The fourth-order valence-corrected chi connectivity index (χ4v) is 2.10. The molecular formula is C13H17BrN2O2. The molecule has 1 saturated carbocycles. The fourth-order valence-electron chi connectivity index (χ4n) is 1.60. The summed E-state index contributed by atoms with van der Waals surface area (Å²) < 4.78 is 6.47. The van der Waals surface area contributed by atoms with Gasteiger partial charge in [0.2, 0.25) is 0 Å². The van der Waals surface area contributed by atoms with Crippen molar-refractivity contribution < 1.29 is 9.53 Å². The first-order valence-corrected chi connectivity index (χ1v) is 6.84. The first kappa shape index (κ1) is 13.4. The topological polar surface area (TPSA) is 64.3 Å². The number of carbonyl (C=O) groups is 1. The molecule has 5 heteroatoms. The van der Waals surface area contributed by atoms with Crippen molar-refractivity contribution >= 4 is 21.8 Å². The highest BCUT2D eigenvalue weighted by Crippen LogP contribution is 2.30. The third-order valence-electron chi connectivity index (χ3n) is 2.90. The monoisotopic (exact) mass is 312 g/mol. The summed E-state index contributed by atoms with van der Waals surface area (Å²) in [5.74, 6) is 0.226. The summed E-state index contributed by atoms with van der Waals surface area (Å²) in [6, 6.07) is 6.47. The molecule has 0 saturated heterocycles. The van der Waals surface area contributed by atoms with Gasteiger partial charge in [0, 0.05) is 18.2 Å². The second kappa shape index (κ2) is 5.71. The lowest BCUT2D eigenvalue weighted by molar-refractivity contribution is -0.124. The van der Waals surface area contributed by atoms with Crippen molar-refractivity contribution in [2.45, 2.75) is 38.5 Å². The second-order valence-corrected chi connectivity index (χ2v) is 5.40. The van der Waals surface area contributed by atoms with Gasteiger partial charge in [0.15, 0.2) is 6.10 Å². The zero-order valence-corrected chi connectivity index (χ0v) is 11.9. The Bertz CT molecular complexity index is 447. The van der Waals surface area contributed by atoms with E-state index in [9.17, 15) is 4.79 Å². The molecule has 18 heavy (non-hydrogen) atoms. The Labute approximate surface area is 115 Å². The van der Waals surface area contributed by atoms with Crippen molar-refractivity contribution in [3.05, 3.63) is 28.2 Å². The minimum atomic E-state index is -0.636. The molecule has 0 aromatic heterocycles. The van der Waals surface area contributed by atoms with Gasteiger partial charge in [-0.2, -0.15) is 0 Å². The maximum absolute atomic E-state index is 11.1. The van der Waals surface area contributed by atoms with Gasteiger partial charge in [-0.05, 0) is 41.8 Å². The summed E-state index contributed by atoms with van der Waals surface area (Å²) in [5.41, 5.74) is 6.25. The van der Waals surface area contributed by atoms with E-state index in [4.69, 9.17) is 10.5 Å². The number of rotatable bonds is 6. The van der Waals surface area contributed by atoms with Crippen molar-refractivity contribution in [1.29, 1.82) is 0 Å². The molecule has 0 radical (unpaired) electrons. The smallest absolute Gasteiger partial charge is 0.258 e. The highest BCUT2D eigenvalue weighted by atomic mass is 79.9. The van der Waals surface area contributed by atoms with Crippen LogP contribution in [0.4, 0.5) is 0 Å². The largest absolute Gasteiger partial charge is 0.479 e. The van der Waals surface area contributed by atoms with Gasteiger partial charge in [0.1, 0.15) is 5.75 Å². The lowest BCUT2D eigenvalue weighted by Gasteiger charge is -2.17. The third kappa shape index (κ3) is 3.46. The quantitative estimate of drug-likeness (QED) is 0.844. The van der Waals surface area contributed by atoms with E-state index in [-0.39, 0.29) is 0 Å². The molecule has 1 atom stereocenters. The first-order chi connectivity index (χ1) is 8.58. The summed E-state index contributed by atoms with van der Waals surface area (Å²) in [7, 11) is 0. The van der Waals surface area contributed by atoms with Crippen LogP contribution in [-0.4, -0.2) is 18.1 Å². The molecule has 98 valence electrons. The number of hydrogen-bond donors (Lipinski definition) is 2. The molecular weight excluding hydrogens is 296 g/mol. The Balaban J connectivity index is 2.11. The average molecular weight is 313 g/mol. The third-order valence-corrected chi connectivity index (χ3v) is 3.53. The van der Waals surface area contributed by atoms with Crippen LogP contribution in [0, 0.1) is 0 Å². The Morgan fingerprint density at radius 1 is 1.61 bits per heavy atom. The first-order valence-electron chi connectivity index (χ1n) is 6.04. The minimum absolute atomic E-state index is 0.466. The van der Waals surface area contributed by atoms with Gasteiger partial charge in [0.25, 0.3) is 5.91 Å². The van der Waals surface area contributed by atoms with Gasteiger partial charge < -0.3 is 15.8 Å². The molecule has 1 aromatic rings. The van der Waals surface area contributed by atoms with E-state index in [1.54, 1.807) is 6.92 Å². The van der Waals surface area contributed by atoms with E-state index < -0.39 is 12.0 Å². The number of primary amides is 1. The molecule has 1 unspecified atom stereocenters. The number of halogens is 1. The van der Waals surface area contributed by atoms with Gasteiger partial charge >= 0.3 is 0 Å². The SMILES string of the molecule is CC(Oc1c(Br)cccc1CNC1CC1)C(N)=O. The highest BCUT2D eigenvalue weighted by Gasteiger charge is 2.21. The predicted octanol–water partition coefficient (Wildman–Crippen LogP) is 1.95. The molecule has 1 fully saturated rings. The molecule has 1 aromatic carbocycles. The lowest BCUT2D eigenvalue weighted by atomic mass is 10.2. The van der Waals surface area contributed by atoms with E-state index >= 15 is 0 Å². The van der Waals surface area contributed by atoms with Crippen molar-refractivity contribution in [3.63, 3.8) is 0 Å². The molecule has 0 aliphatic heterocycles. The molecule has 0 spiro atoms. The summed E-state index contributed by atoms with van der Waals surface area (Å²) in [5, 5.41) is 3.43. The normalized spacial score (nSPS) is 16.3. The highest BCUT2D eigenvalue weighted by molar-refractivity contribution is 9.10. The van der Waals surface area contributed by atoms with Crippen molar-refractivity contribution in [1.82, 2.24) is 5.32 Å². The van der Waals surface area contributed by atoms with Crippen LogP contribution in [0.1, 0.15) is 25.3 Å². The van der Waals surface area contributed by atoms with Crippen molar-refractivity contribution in [3.8, 4) is 5.75 Å². The number of carbonyl (C=O) groups excluding carboxylic acids is 1. The van der Waals surface area contributed by atoms with Crippen LogP contribution in [0.25, 0.3) is 0 Å². The zero-order valence-electron chi connectivity index (χ0n) is 10.3. The number of amides is 1. The van der Waals surface area contributed by atoms with Crippen molar-refractivity contribution in [2.24, 2.45) is 5.73 Å². The number of para-hydroxylation sites is 1. The summed E-state index contributed by atoms with van der Waals surface area (Å²) in [6.45, 7) is 2.39. The average Bonchev–Trinajstić information content (AvgIpc) is 3.13. The van der Waals surface area contributed by atoms with Crippen LogP contribution in [-0.2, 0) is 11.3 Å². The molecule has 0 heterocycles. The number of nitrogens with one attached hydrogen (secondary N) is 1. The van der Waals surface area contributed by atoms with Gasteiger partial charge in [-0.1, -0.05) is 12.1 Å². The second-order valence-electron chi connectivity index (χ2n) is 4.55. The molecule has 2 rings (SSSR count). The van der Waals surface area contributed by atoms with Crippen LogP contribution < -0.4 is 15.8 Å². The molecule has 1 amide bonds.